The fourth-order valence-corrected chi connectivity index (χ4v) is 3.41. The van der Waals surface area contributed by atoms with Gasteiger partial charge in [-0.1, -0.05) is 29.8 Å². The van der Waals surface area contributed by atoms with Crippen LogP contribution in [0.2, 0.25) is 5.02 Å². The normalized spacial score (nSPS) is 12.4. The number of halogens is 1. The number of rotatable bonds is 8. The molecule has 7 heteroatoms. The van der Waals surface area contributed by atoms with Crippen LogP contribution in [0.15, 0.2) is 47.1 Å². The topological polar surface area (TPSA) is 68.5 Å². The number of Topliss-reactive ketones (excluding diaryl/α,β-unsaturated/α-hetero) is 1. The van der Waals surface area contributed by atoms with E-state index < -0.39 is 17.7 Å². The van der Waals surface area contributed by atoms with Crippen molar-refractivity contribution in [2.45, 2.75) is 44.6 Å². The van der Waals surface area contributed by atoms with E-state index in [9.17, 15) is 9.59 Å². The molecule has 1 aromatic heterocycles. The Kier molecular flexibility index (Phi) is 7.80. The number of ether oxygens (including phenoxy) is 1. The molecule has 0 bridgehead atoms. The molecule has 1 amide bonds. The van der Waals surface area contributed by atoms with Gasteiger partial charge in [-0.25, -0.2) is 4.79 Å². The standard InChI is InChI=1S/C20H24ClNO4S/c1-20(2,3)26-19(24)22-17(11-14-7-4-5-9-16(14)21)18(23)13-27-12-15-8-6-10-25-15/h4-10,17H,11-13H2,1-3H3,(H,22,24)/t17-/m0/s1. The number of thioether (sulfide) groups is 1. The van der Waals surface area contributed by atoms with Crippen molar-refractivity contribution in [3.63, 3.8) is 0 Å². The van der Waals surface area contributed by atoms with Crippen molar-refractivity contribution in [2.75, 3.05) is 5.75 Å². The summed E-state index contributed by atoms with van der Waals surface area (Å²) >= 11 is 7.65. The highest BCUT2D eigenvalue weighted by atomic mass is 35.5. The largest absolute Gasteiger partial charge is 0.468 e. The summed E-state index contributed by atoms with van der Waals surface area (Å²) in [7, 11) is 0. The van der Waals surface area contributed by atoms with Crippen LogP contribution >= 0.6 is 23.4 Å². The van der Waals surface area contributed by atoms with E-state index in [1.807, 2.05) is 30.3 Å². The van der Waals surface area contributed by atoms with Crippen LogP contribution in [0.3, 0.4) is 0 Å². The molecule has 0 saturated carbocycles. The quantitative estimate of drug-likeness (QED) is 0.673. The first-order valence-corrected chi connectivity index (χ1v) is 10.1. The zero-order chi connectivity index (χ0) is 19.9. The Bertz CT molecular complexity index is 756. The minimum Gasteiger partial charge on any atom is -0.468 e. The molecule has 146 valence electrons. The number of furan rings is 1. The van der Waals surface area contributed by atoms with Crippen LogP contribution in [-0.2, 0) is 21.7 Å². The molecule has 0 aliphatic carbocycles. The molecule has 1 heterocycles. The summed E-state index contributed by atoms with van der Waals surface area (Å²) < 4.78 is 10.6. The van der Waals surface area contributed by atoms with Gasteiger partial charge in [-0.15, -0.1) is 11.8 Å². The molecule has 1 N–H and O–H groups in total. The number of nitrogens with one attached hydrogen (secondary N) is 1. The highest BCUT2D eigenvalue weighted by molar-refractivity contribution is 7.99. The van der Waals surface area contributed by atoms with Gasteiger partial charge in [0.1, 0.15) is 11.4 Å². The third kappa shape index (κ3) is 7.69. The van der Waals surface area contributed by atoms with Gasteiger partial charge in [-0.05, 0) is 44.5 Å². The summed E-state index contributed by atoms with van der Waals surface area (Å²) in [4.78, 5) is 24.9. The Morgan fingerprint density at radius 1 is 1.22 bits per heavy atom. The molecular weight excluding hydrogens is 386 g/mol. The molecule has 5 nitrogen and oxygen atoms in total. The van der Waals surface area contributed by atoms with Crippen LogP contribution < -0.4 is 5.32 Å². The Morgan fingerprint density at radius 3 is 2.59 bits per heavy atom. The van der Waals surface area contributed by atoms with Crippen LogP contribution in [0, 0.1) is 0 Å². The number of alkyl carbamates (subject to hydrolysis) is 1. The summed E-state index contributed by atoms with van der Waals surface area (Å²) in [5, 5.41) is 3.25. The molecule has 2 rings (SSSR count). The molecular formula is C20H24ClNO4S. The summed E-state index contributed by atoms with van der Waals surface area (Å²) in [5.74, 6) is 1.53. The average Bonchev–Trinajstić information content (AvgIpc) is 3.07. The number of hydrogen-bond acceptors (Lipinski definition) is 5. The second kappa shape index (κ2) is 9.85. The van der Waals surface area contributed by atoms with Crippen molar-refractivity contribution >= 4 is 35.2 Å². The molecule has 1 aromatic carbocycles. The van der Waals surface area contributed by atoms with Gasteiger partial charge in [-0.2, -0.15) is 0 Å². The summed E-state index contributed by atoms with van der Waals surface area (Å²) in [6.07, 6.45) is 1.28. The SMILES string of the molecule is CC(C)(C)OC(=O)N[C@@H](Cc1ccccc1Cl)C(=O)CSCc1ccco1. The maximum atomic E-state index is 12.7. The minimum absolute atomic E-state index is 0.0997. The Balaban J connectivity index is 2.02. The van der Waals surface area contributed by atoms with Crippen LogP contribution in [-0.4, -0.2) is 29.3 Å². The monoisotopic (exact) mass is 409 g/mol. The molecule has 0 aliphatic heterocycles. The predicted octanol–water partition coefficient (Wildman–Crippen LogP) is 4.87. The number of ketones is 1. The van der Waals surface area contributed by atoms with Gasteiger partial charge in [0.05, 0.1) is 23.8 Å². The Morgan fingerprint density at radius 2 is 1.96 bits per heavy atom. The molecule has 0 aliphatic rings. The second-order valence-corrected chi connectivity index (χ2v) is 8.43. The van der Waals surface area contributed by atoms with E-state index >= 15 is 0 Å². The first-order valence-electron chi connectivity index (χ1n) is 8.60. The number of carbonyl (C=O) groups excluding carboxylic acids is 2. The molecule has 2 aromatic rings. The van der Waals surface area contributed by atoms with Crippen molar-refractivity contribution in [3.8, 4) is 0 Å². The number of carbonyl (C=O) groups is 2. The van der Waals surface area contributed by atoms with Gasteiger partial charge in [0, 0.05) is 11.4 Å². The van der Waals surface area contributed by atoms with Gasteiger partial charge in [0.2, 0.25) is 0 Å². The predicted molar refractivity (Wildman–Crippen MR) is 108 cm³/mol. The van der Waals surface area contributed by atoms with E-state index in [1.54, 1.807) is 33.1 Å². The molecule has 0 radical (unpaired) electrons. The molecule has 1 atom stereocenters. The molecule has 0 fully saturated rings. The molecule has 0 spiro atoms. The van der Waals surface area contributed by atoms with E-state index in [1.165, 1.54) is 11.8 Å². The zero-order valence-corrected chi connectivity index (χ0v) is 17.2. The minimum atomic E-state index is -0.719. The lowest BCUT2D eigenvalue weighted by atomic mass is 10.0. The number of hydrogen-bond donors (Lipinski definition) is 1. The third-order valence-electron chi connectivity index (χ3n) is 3.53. The van der Waals surface area contributed by atoms with E-state index in [4.69, 9.17) is 20.8 Å². The first kappa shape index (κ1) is 21.4. The van der Waals surface area contributed by atoms with Gasteiger partial charge in [0.25, 0.3) is 0 Å². The van der Waals surface area contributed by atoms with Crippen molar-refractivity contribution < 1.29 is 18.7 Å². The third-order valence-corrected chi connectivity index (χ3v) is 4.88. The lowest BCUT2D eigenvalue weighted by molar-refractivity contribution is -0.118. The molecule has 0 saturated heterocycles. The van der Waals surface area contributed by atoms with Crippen molar-refractivity contribution in [1.29, 1.82) is 0 Å². The van der Waals surface area contributed by atoms with E-state index in [2.05, 4.69) is 5.32 Å². The summed E-state index contributed by atoms with van der Waals surface area (Å²) in [5.41, 5.74) is 0.153. The van der Waals surface area contributed by atoms with Crippen LogP contribution in [0.1, 0.15) is 32.1 Å². The lowest BCUT2D eigenvalue weighted by Gasteiger charge is -2.23. The fraction of sp³-hybridized carbons (Fsp3) is 0.400. The highest BCUT2D eigenvalue weighted by Crippen LogP contribution is 2.19. The number of amides is 1. The van der Waals surface area contributed by atoms with Crippen molar-refractivity contribution in [1.82, 2.24) is 5.32 Å². The maximum absolute atomic E-state index is 12.7. The smallest absolute Gasteiger partial charge is 0.408 e. The van der Waals surface area contributed by atoms with E-state index in [-0.39, 0.29) is 11.5 Å². The van der Waals surface area contributed by atoms with Crippen LogP contribution in [0.5, 0.6) is 0 Å². The first-order chi connectivity index (χ1) is 12.7. The average molecular weight is 410 g/mol. The summed E-state index contributed by atoms with van der Waals surface area (Å²) in [6.45, 7) is 5.32. The second-order valence-electron chi connectivity index (χ2n) is 7.03. The molecule has 0 unspecified atom stereocenters. The Labute approximate surface area is 168 Å². The van der Waals surface area contributed by atoms with Crippen LogP contribution in [0.25, 0.3) is 0 Å². The Hall–Kier alpha value is -1.92. The van der Waals surface area contributed by atoms with E-state index in [0.717, 1.165) is 11.3 Å². The number of benzene rings is 1. The van der Waals surface area contributed by atoms with Crippen molar-refractivity contribution in [3.05, 3.63) is 59.0 Å². The van der Waals surface area contributed by atoms with Gasteiger partial charge < -0.3 is 14.5 Å². The van der Waals surface area contributed by atoms with Crippen molar-refractivity contribution in [2.24, 2.45) is 0 Å². The fourth-order valence-electron chi connectivity index (χ4n) is 2.33. The van der Waals surface area contributed by atoms with Gasteiger partial charge >= 0.3 is 6.09 Å². The molecule has 27 heavy (non-hydrogen) atoms. The maximum Gasteiger partial charge on any atom is 0.408 e. The lowest BCUT2D eigenvalue weighted by Crippen LogP contribution is -2.45. The van der Waals surface area contributed by atoms with Gasteiger partial charge in [-0.3, -0.25) is 4.79 Å². The van der Waals surface area contributed by atoms with Crippen LogP contribution in [0.4, 0.5) is 4.79 Å². The zero-order valence-electron chi connectivity index (χ0n) is 15.7. The van der Waals surface area contributed by atoms with E-state index in [0.29, 0.717) is 17.2 Å². The highest BCUT2D eigenvalue weighted by Gasteiger charge is 2.25. The summed E-state index contributed by atoms with van der Waals surface area (Å²) in [6, 6.07) is 10.2. The van der Waals surface area contributed by atoms with Gasteiger partial charge in [0.15, 0.2) is 5.78 Å².